The average Bonchev–Trinajstić information content (AvgIpc) is 3.12. The van der Waals surface area contributed by atoms with Crippen LogP contribution in [0, 0.1) is 5.92 Å². The minimum atomic E-state index is 0.640. The predicted octanol–water partition coefficient (Wildman–Crippen LogP) is 3.11. The zero-order chi connectivity index (χ0) is 12.1. The lowest BCUT2D eigenvalue weighted by molar-refractivity contribution is 0.185. The summed E-state index contributed by atoms with van der Waals surface area (Å²) in [6.07, 6.45) is 4.22. The molecule has 2 nitrogen and oxygen atoms in total. The molecule has 0 saturated heterocycles. The number of hydrogen-bond acceptors (Lipinski definition) is 2. The van der Waals surface area contributed by atoms with Gasteiger partial charge in [-0.05, 0) is 30.4 Å². The van der Waals surface area contributed by atoms with Crippen molar-refractivity contribution in [2.75, 3.05) is 7.11 Å². The van der Waals surface area contributed by atoms with Gasteiger partial charge in [0, 0.05) is 19.7 Å². The van der Waals surface area contributed by atoms with E-state index in [4.69, 9.17) is 4.74 Å². The van der Waals surface area contributed by atoms with E-state index in [1.54, 1.807) is 7.11 Å². The fourth-order valence-electron chi connectivity index (χ4n) is 2.15. The molecule has 1 unspecified atom stereocenters. The van der Waals surface area contributed by atoms with Crippen molar-refractivity contribution in [3.8, 4) is 0 Å². The van der Waals surface area contributed by atoms with Crippen molar-refractivity contribution in [1.29, 1.82) is 0 Å². The van der Waals surface area contributed by atoms with Crippen molar-refractivity contribution in [3.05, 3.63) is 35.4 Å². The molecule has 1 atom stereocenters. The van der Waals surface area contributed by atoms with Gasteiger partial charge in [-0.3, -0.25) is 0 Å². The van der Waals surface area contributed by atoms with Gasteiger partial charge in [0.05, 0.1) is 6.61 Å². The Morgan fingerprint density at radius 1 is 1.24 bits per heavy atom. The second-order valence-electron chi connectivity index (χ2n) is 5.21. The van der Waals surface area contributed by atoms with Crippen molar-refractivity contribution in [2.24, 2.45) is 5.92 Å². The third kappa shape index (κ3) is 4.49. The molecule has 1 saturated carbocycles. The minimum Gasteiger partial charge on any atom is -0.380 e. The lowest BCUT2D eigenvalue weighted by Gasteiger charge is -2.13. The molecular formula is C15H23NO. The van der Waals surface area contributed by atoms with E-state index in [1.165, 1.54) is 30.4 Å². The zero-order valence-corrected chi connectivity index (χ0v) is 10.9. The van der Waals surface area contributed by atoms with Crippen LogP contribution < -0.4 is 5.32 Å². The summed E-state index contributed by atoms with van der Waals surface area (Å²) in [6.45, 7) is 3.96. The summed E-state index contributed by atoms with van der Waals surface area (Å²) in [5.74, 6) is 1.00. The van der Waals surface area contributed by atoms with Crippen LogP contribution in [0.15, 0.2) is 24.3 Å². The van der Waals surface area contributed by atoms with Crippen LogP contribution in [0.4, 0.5) is 0 Å². The molecule has 0 radical (unpaired) electrons. The zero-order valence-electron chi connectivity index (χ0n) is 10.9. The first-order valence-corrected chi connectivity index (χ1v) is 6.58. The van der Waals surface area contributed by atoms with Gasteiger partial charge < -0.3 is 10.1 Å². The Hall–Kier alpha value is -0.860. The van der Waals surface area contributed by atoms with Gasteiger partial charge in [0.25, 0.3) is 0 Å². The molecule has 1 fully saturated rings. The van der Waals surface area contributed by atoms with Crippen LogP contribution in [-0.4, -0.2) is 13.2 Å². The molecule has 0 amide bonds. The second kappa shape index (κ2) is 6.18. The molecule has 17 heavy (non-hydrogen) atoms. The van der Waals surface area contributed by atoms with Gasteiger partial charge >= 0.3 is 0 Å². The van der Waals surface area contributed by atoms with E-state index < -0.39 is 0 Å². The van der Waals surface area contributed by atoms with Crippen molar-refractivity contribution in [3.63, 3.8) is 0 Å². The van der Waals surface area contributed by atoms with Crippen LogP contribution in [0.3, 0.4) is 0 Å². The number of ether oxygens (including phenoxy) is 1. The summed E-state index contributed by atoms with van der Waals surface area (Å²) in [5, 5.41) is 3.59. The Morgan fingerprint density at radius 2 is 1.88 bits per heavy atom. The molecule has 1 aliphatic carbocycles. The van der Waals surface area contributed by atoms with Crippen LogP contribution in [0.5, 0.6) is 0 Å². The third-order valence-electron chi connectivity index (χ3n) is 3.37. The molecule has 1 aromatic carbocycles. The van der Waals surface area contributed by atoms with Crippen LogP contribution in [-0.2, 0) is 17.9 Å². The Morgan fingerprint density at radius 3 is 2.47 bits per heavy atom. The number of nitrogens with one attached hydrogen (secondary N) is 1. The topological polar surface area (TPSA) is 21.3 Å². The van der Waals surface area contributed by atoms with Crippen molar-refractivity contribution in [1.82, 2.24) is 5.32 Å². The smallest absolute Gasteiger partial charge is 0.0713 e. The van der Waals surface area contributed by atoms with Crippen molar-refractivity contribution < 1.29 is 4.74 Å². The van der Waals surface area contributed by atoms with Gasteiger partial charge in [0.1, 0.15) is 0 Å². The normalized spacial score (nSPS) is 17.1. The van der Waals surface area contributed by atoms with E-state index in [0.717, 1.165) is 12.5 Å². The molecule has 0 heterocycles. The average molecular weight is 233 g/mol. The van der Waals surface area contributed by atoms with Crippen molar-refractivity contribution >= 4 is 0 Å². The van der Waals surface area contributed by atoms with Gasteiger partial charge in [-0.25, -0.2) is 0 Å². The standard InChI is InChI=1S/C15H23NO/c1-12(9-13-3-4-13)16-10-14-5-7-15(8-6-14)11-17-2/h5-8,12-13,16H,3-4,9-11H2,1-2H3. The summed E-state index contributed by atoms with van der Waals surface area (Å²) in [7, 11) is 1.73. The van der Waals surface area contributed by atoms with E-state index >= 15 is 0 Å². The highest BCUT2D eigenvalue weighted by Gasteiger charge is 2.23. The summed E-state index contributed by atoms with van der Waals surface area (Å²) < 4.78 is 5.10. The van der Waals surface area contributed by atoms with Crippen LogP contribution >= 0.6 is 0 Å². The summed E-state index contributed by atoms with van der Waals surface area (Å²) in [5.41, 5.74) is 2.59. The fraction of sp³-hybridized carbons (Fsp3) is 0.600. The SMILES string of the molecule is COCc1ccc(CNC(C)CC2CC2)cc1. The maximum Gasteiger partial charge on any atom is 0.0713 e. The summed E-state index contributed by atoms with van der Waals surface area (Å²) in [6, 6.07) is 9.30. The molecule has 0 bridgehead atoms. The molecule has 1 aliphatic rings. The molecule has 2 heteroatoms. The molecule has 2 rings (SSSR count). The molecular weight excluding hydrogens is 210 g/mol. The van der Waals surface area contributed by atoms with Gasteiger partial charge in [-0.15, -0.1) is 0 Å². The van der Waals surface area contributed by atoms with Crippen molar-refractivity contribution in [2.45, 2.75) is 45.4 Å². The lowest BCUT2D eigenvalue weighted by Crippen LogP contribution is -2.25. The largest absolute Gasteiger partial charge is 0.380 e. The Labute approximate surface area is 104 Å². The number of methoxy groups -OCH3 is 1. The van der Waals surface area contributed by atoms with E-state index in [9.17, 15) is 0 Å². The monoisotopic (exact) mass is 233 g/mol. The first kappa shape index (κ1) is 12.6. The second-order valence-corrected chi connectivity index (χ2v) is 5.21. The number of rotatable bonds is 7. The van der Waals surface area contributed by atoms with Gasteiger partial charge in [0.15, 0.2) is 0 Å². The first-order valence-electron chi connectivity index (χ1n) is 6.58. The Balaban J connectivity index is 1.73. The van der Waals surface area contributed by atoms with E-state index in [1.807, 2.05) is 0 Å². The Kier molecular flexibility index (Phi) is 4.57. The molecule has 0 aromatic heterocycles. The maximum atomic E-state index is 5.10. The fourth-order valence-corrected chi connectivity index (χ4v) is 2.15. The highest BCUT2D eigenvalue weighted by Crippen LogP contribution is 2.33. The van der Waals surface area contributed by atoms with Crippen LogP contribution in [0.2, 0.25) is 0 Å². The molecule has 1 aromatic rings. The summed E-state index contributed by atoms with van der Waals surface area (Å²) >= 11 is 0. The summed E-state index contributed by atoms with van der Waals surface area (Å²) in [4.78, 5) is 0. The highest BCUT2D eigenvalue weighted by atomic mass is 16.5. The van der Waals surface area contributed by atoms with E-state index in [0.29, 0.717) is 12.6 Å². The molecule has 94 valence electrons. The molecule has 0 spiro atoms. The predicted molar refractivity (Wildman–Crippen MR) is 70.8 cm³/mol. The highest BCUT2D eigenvalue weighted by molar-refractivity contribution is 5.21. The minimum absolute atomic E-state index is 0.640. The quantitative estimate of drug-likeness (QED) is 0.781. The van der Waals surface area contributed by atoms with Crippen LogP contribution in [0.1, 0.15) is 37.3 Å². The van der Waals surface area contributed by atoms with Gasteiger partial charge in [-0.1, -0.05) is 37.1 Å². The number of benzene rings is 1. The lowest BCUT2D eigenvalue weighted by atomic mass is 10.1. The van der Waals surface area contributed by atoms with Gasteiger partial charge in [0.2, 0.25) is 0 Å². The van der Waals surface area contributed by atoms with E-state index in [-0.39, 0.29) is 0 Å². The van der Waals surface area contributed by atoms with Crippen LogP contribution in [0.25, 0.3) is 0 Å². The third-order valence-corrected chi connectivity index (χ3v) is 3.37. The first-order chi connectivity index (χ1) is 8.28. The Bertz CT molecular complexity index is 329. The molecule has 1 N–H and O–H groups in total. The number of hydrogen-bond donors (Lipinski definition) is 1. The molecule has 0 aliphatic heterocycles. The van der Waals surface area contributed by atoms with E-state index in [2.05, 4.69) is 36.5 Å². The maximum absolute atomic E-state index is 5.10. The van der Waals surface area contributed by atoms with Gasteiger partial charge in [-0.2, -0.15) is 0 Å².